The van der Waals surface area contributed by atoms with Crippen molar-refractivity contribution in [2.24, 2.45) is 0 Å². The minimum Gasteiger partial charge on any atom is -0.478 e. The predicted molar refractivity (Wildman–Crippen MR) is 80.1 cm³/mol. The zero-order valence-electron chi connectivity index (χ0n) is 11.5. The molecule has 0 radical (unpaired) electrons. The molecule has 5 nitrogen and oxygen atoms in total. The maximum atomic E-state index is 5.49. The lowest BCUT2D eigenvalue weighted by atomic mass is 10.4. The minimum atomic E-state index is 0.647. The topological polar surface area (TPSA) is 50.3 Å². The van der Waals surface area contributed by atoms with Gasteiger partial charge in [-0.2, -0.15) is 11.8 Å². The molecule has 1 aliphatic heterocycles. The highest BCUT2D eigenvalue weighted by Crippen LogP contribution is 2.11. The summed E-state index contributed by atoms with van der Waals surface area (Å²) in [5.74, 6) is 3.99. The molecular weight excluding hydrogens is 260 g/mol. The van der Waals surface area contributed by atoms with Crippen LogP contribution in [0.15, 0.2) is 12.4 Å². The highest BCUT2D eigenvalue weighted by atomic mass is 32.2. The summed E-state index contributed by atoms with van der Waals surface area (Å²) in [4.78, 5) is 10.8. The number of nitrogens with one attached hydrogen (secondary N) is 1. The number of thioether (sulfide) groups is 1. The van der Waals surface area contributed by atoms with Gasteiger partial charge in [-0.3, -0.25) is 4.90 Å². The maximum absolute atomic E-state index is 5.49. The first kappa shape index (κ1) is 14.4. The lowest BCUT2D eigenvalue weighted by Crippen LogP contribution is -2.36. The Morgan fingerprint density at radius 2 is 2.21 bits per heavy atom. The maximum Gasteiger partial charge on any atom is 0.218 e. The van der Waals surface area contributed by atoms with Crippen LogP contribution in [-0.2, 0) is 0 Å². The van der Waals surface area contributed by atoms with E-state index >= 15 is 0 Å². The Bertz CT molecular complexity index is 371. The largest absolute Gasteiger partial charge is 0.478 e. The Balaban J connectivity index is 1.72. The second-order valence-corrected chi connectivity index (χ2v) is 5.70. The molecule has 19 heavy (non-hydrogen) atoms. The standard InChI is InChI=1S/C13H22N4OS/c1-2-7-18-13-10-12(15-11-16-13)14-3-4-17-5-8-19-9-6-17/h10-11H,2-9H2,1H3,(H,14,15,16). The molecule has 0 aromatic carbocycles. The Labute approximate surface area is 119 Å². The van der Waals surface area contributed by atoms with Crippen molar-refractivity contribution in [2.75, 3.05) is 49.6 Å². The van der Waals surface area contributed by atoms with Gasteiger partial charge in [-0.05, 0) is 6.42 Å². The quantitative estimate of drug-likeness (QED) is 0.822. The van der Waals surface area contributed by atoms with Crippen LogP contribution < -0.4 is 10.1 Å². The van der Waals surface area contributed by atoms with Crippen LogP contribution >= 0.6 is 11.8 Å². The molecule has 1 aliphatic rings. The number of nitrogens with zero attached hydrogens (tertiary/aromatic N) is 3. The zero-order chi connectivity index (χ0) is 13.3. The summed E-state index contributed by atoms with van der Waals surface area (Å²) in [6, 6.07) is 1.86. The van der Waals surface area contributed by atoms with E-state index in [2.05, 4.69) is 27.1 Å². The van der Waals surface area contributed by atoms with Gasteiger partial charge in [-0.15, -0.1) is 0 Å². The molecule has 1 fully saturated rings. The van der Waals surface area contributed by atoms with E-state index in [1.54, 1.807) is 6.33 Å². The fraction of sp³-hybridized carbons (Fsp3) is 0.692. The molecule has 0 unspecified atom stereocenters. The monoisotopic (exact) mass is 282 g/mol. The highest BCUT2D eigenvalue weighted by Gasteiger charge is 2.09. The number of hydrogen-bond acceptors (Lipinski definition) is 6. The van der Waals surface area contributed by atoms with Gasteiger partial charge in [0.25, 0.3) is 0 Å². The van der Waals surface area contributed by atoms with Crippen LogP contribution in [0.1, 0.15) is 13.3 Å². The van der Waals surface area contributed by atoms with Gasteiger partial charge in [0.1, 0.15) is 12.1 Å². The summed E-state index contributed by atoms with van der Waals surface area (Å²) in [5.41, 5.74) is 0. The molecule has 0 bridgehead atoms. The Hall–Kier alpha value is -1.01. The minimum absolute atomic E-state index is 0.647. The van der Waals surface area contributed by atoms with Gasteiger partial charge in [0.05, 0.1) is 6.61 Å². The Morgan fingerprint density at radius 3 is 3.00 bits per heavy atom. The van der Waals surface area contributed by atoms with Crippen molar-refractivity contribution >= 4 is 17.6 Å². The van der Waals surface area contributed by atoms with E-state index in [9.17, 15) is 0 Å². The zero-order valence-corrected chi connectivity index (χ0v) is 12.3. The molecule has 1 aromatic rings. The molecule has 6 heteroatoms. The van der Waals surface area contributed by atoms with E-state index in [4.69, 9.17) is 4.74 Å². The summed E-state index contributed by atoms with van der Waals surface area (Å²) in [6.07, 6.45) is 2.53. The van der Waals surface area contributed by atoms with E-state index in [0.717, 1.165) is 25.3 Å². The van der Waals surface area contributed by atoms with Crippen molar-refractivity contribution in [1.29, 1.82) is 0 Å². The number of rotatable bonds is 7. The van der Waals surface area contributed by atoms with E-state index in [-0.39, 0.29) is 0 Å². The van der Waals surface area contributed by atoms with Crippen LogP contribution in [0.4, 0.5) is 5.82 Å². The van der Waals surface area contributed by atoms with Crippen molar-refractivity contribution < 1.29 is 4.74 Å². The smallest absolute Gasteiger partial charge is 0.218 e. The molecule has 1 aromatic heterocycles. The molecule has 0 saturated carbocycles. The van der Waals surface area contributed by atoms with Crippen LogP contribution in [0.5, 0.6) is 5.88 Å². The summed E-state index contributed by atoms with van der Waals surface area (Å²) >= 11 is 2.04. The third-order valence-electron chi connectivity index (χ3n) is 2.93. The van der Waals surface area contributed by atoms with Crippen LogP contribution in [-0.4, -0.2) is 59.2 Å². The lowest BCUT2D eigenvalue weighted by molar-refractivity contribution is 0.304. The van der Waals surface area contributed by atoms with Crippen molar-refractivity contribution in [2.45, 2.75) is 13.3 Å². The number of hydrogen-bond donors (Lipinski definition) is 1. The fourth-order valence-electron chi connectivity index (χ4n) is 1.89. The molecular formula is C13H22N4OS. The first-order valence-corrected chi connectivity index (χ1v) is 8.03. The van der Waals surface area contributed by atoms with Gasteiger partial charge in [-0.1, -0.05) is 6.92 Å². The van der Waals surface area contributed by atoms with Crippen LogP contribution in [0.2, 0.25) is 0 Å². The van der Waals surface area contributed by atoms with Crippen LogP contribution in [0.25, 0.3) is 0 Å². The van der Waals surface area contributed by atoms with E-state index in [1.807, 2.05) is 17.8 Å². The van der Waals surface area contributed by atoms with Gasteiger partial charge < -0.3 is 10.1 Å². The van der Waals surface area contributed by atoms with Crippen LogP contribution in [0, 0.1) is 0 Å². The number of anilines is 1. The number of aromatic nitrogens is 2. The third kappa shape index (κ3) is 5.24. The molecule has 0 aliphatic carbocycles. The Kier molecular flexibility index (Phi) is 6.23. The third-order valence-corrected chi connectivity index (χ3v) is 3.88. The molecule has 0 amide bonds. The predicted octanol–water partition coefficient (Wildman–Crippen LogP) is 1.73. The summed E-state index contributed by atoms with van der Waals surface area (Å²) in [5, 5.41) is 3.33. The molecule has 2 heterocycles. The average molecular weight is 282 g/mol. The van der Waals surface area contributed by atoms with Gasteiger partial charge in [0.2, 0.25) is 5.88 Å². The molecule has 106 valence electrons. The molecule has 0 atom stereocenters. The first-order chi connectivity index (χ1) is 9.38. The van der Waals surface area contributed by atoms with Crippen molar-refractivity contribution in [1.82, 2.24) is 14.9 Å². The molecule has 0 spiro atoms. The molecule has 2 rings (SSSR count). The second-order valence-electron chi connectivity index (χ2n) is 4.47. The summed E-state index contributed by atoms with van der Waals surface area (Å²) < 4.78 is 5.49. The first-order valence-electron chi connectivity index (χ1n) is 6.87. The summed E-state index contributed by atoms with van der Waals surface area (Å²) in [7, 11) is 0. The lowest BCUT2D eigenvalue weighted by Gasteiger charge is -2.26. The van der Waals surface area contributed by atoms with Crippen molar-refractivity contribution in [3.8, 4) is 5.88 Å². The Morgan fingerprint density at radius 1 is 1.37 bits per heavy atom. The molecule has 1 saturated heterocycles. The van der Waals surface area contributed by atoms with E-state index < -0.39 is 0 Å². The van der Waals surface area contributed by atoms with Crippen molar-refractivity contribution in [3.05, 3.63) is 12.4 Å². The normalized spacial score (nSPS) is 16.3. The summed E-state index contributed by atoms with van der Waals surface area (Å²) in [6.45, 7) is 7.14. The van der Waals surface area contributed by atoms with Crippen LogP contribution in [0.3, 0.4) is 0 Å². The highest BCUT2D eigenvalue weighted by molar-refractivity contribution is 7.99. The van der Waals surface area contributed by atoms with Gasteiger partial charge in [0, 0.05) is 43.8 Å². The van der Waals surface area contributed by atoms with Crippen molar-refractivity contribution in [3.63, 3.8) is 0 Å². The average Bonchev–Trinajstić information content (AvgIpc) is 2.47. The van der Waals surface area contributed by atoms with Gasteiger partial charge >= 0.3 is 0 Å². The SMILES string of the molecule is CCCOc1cc(NCCN2CCSCC2)ncn1. The molecule has 1 N–H and O–H groups in total. The van der Waals surface area contributed by atoms with E-state index in [1.165, 1.54) is 24.6 Å². The van der Waals surface area contributed by atoms with Gasteiger partial charge in [0.15, 0.2) is 0 Å². The van der Waals surface area contributed by atoms with E-state index in [0.29, 0.717) is 12.5 Å². The second kappa shape index (κ2) is 8.22. The van der Waals surface area contributed by atoms with Gasteiger partial charge in [-0.25, -0.2) is 9.97 Å². The number of ether oxygens (including phenoxy) is 1. The fourth-order valence-corrected chi connectivity index (χ4v) is 2.87.